The van der Waals surface area contributed by atoms with Gasteiger partial charge in [-0.2, -0.15) is 0 Å². The summed E-state index contributed by atoms with van der Waals surface area (Å²) >= 11 is 2.56. The SMILES string of the molecule is NC(=O)C1CCN(CC2CCC(C(I)N3C=CN=C(N)/C3=C(/N)c3ccc4ccc(-c5ccccc5)nc4c3)CC2)CC1. The van der Waals surface area contributed by atoms with E-state index in [0.29, 0.717) is 23.4 Å². The van der Waals surface area contributed by atoms with Crippen LogP contribution >= 0.6 is 22.6 Å². The minimum atomic E-state index is -0.144. The average Bonchev–Trinajstić information content (AvgIpc) is 3.04. The highest BCUT2D eigenvalue weighted by Crippen LogP contribution is 2.39. The summed E-state index contributed by atoms with van der Waals surface area (Å²) in [6, 6.07) is 20.5. The summed E-state index contributed by atoms with van der Waals surface area (Å²) in [7, 11) is 0. The van der Waals surface area contributed by atoms with Crippen LogP contribution in [0.3, 0.4) is 0 Å². The Morgan fingerprint density at radius 2 is 1.67 bits per heavy atom. The molecule has 1 unspecified atom stereocenters. The summed E-state index contributed by atoms with van der Waals surface area (Å²) in [4.78, 5) is 25.6. The van der Waals surface area contributed by atoms with Gasteiger partial charge in [-0.25, -0.2) is 9.98 Å². The number of aromatic nitrogens is 1. The first-order valence-corrected chi connectivity index (χ1v) is 16.5. The maximum Gasteiger partial charge on any atom is 0.220 e. The van der Waals surface area contributed by atoms with Crippen LogP contribution in [0.25, 0.3) is 27.9 Å². The van der Waals surface area contributed by atoms with Crippen molar-refractivity contribution >= 4 is 50.9 Å². The van der Waals surface area contributed by atoms with Crippen LogP contribution in [0.5, 0.6) is 0 Å². The molecule has 1 atom stereocenters. The molecule has 3 heterocycles. The first kappa shape index (κ1) is 29.6. The first-order valence-electron chi connectivity index (χ1n) is 15.3. The van der Waals surface area contributed by atoms with Crippen molar-refractivity contribution in [3.8, 4) is 11.3 Å². The maximum atomic E-state index is 11.5. The van der Waals surface area contributed by atoms with Gasteiger partial charge in [0.2, 0.25) is 5.91 Å². The molecule has 1 amide bonds. The molecule has 8 nitrogen and oxygen atoms in total. The summed E-state index contributed by atoms with van der Waals surface area (Å²) in [5.41, 5.74) is 24.1. The number of carbonyl (C=O) groups is 1. The van der Waals surface area contributed by atoms with Gasteiger partial charge in [0.15, 0.2) is 0 Å². The van der Waals surface area contributed by atoms with E-state index in [9.17, 15) is 4.79 Å². The number of likely N-dealkylation sites (tertiary alicyclic amines) is 1. The van der Waals surface area contributed by atoms with Crippen LogP contribution < -0.4 is 17.2 Å². The third kappa shape index (κ3) is 6.57. The van der Waals surface area contributed by atoms with E-state index < -0.39 is 0 Å². The van der Waals surface area contributed by atoms with Crippen LogP contribution in [0.1, 0.15) is 44.1 Å². The second-order valence-corrected chi connectivity index (χ2v) is 13.4. The van der Waals surface area contributed by atoms with E-state index in [-0.39, 0.29) is 15.9 Å². The van der Waals surface area contributed by atoms with E-state index in [1.54, 1.807) is 6.20 Å². The zero-order valence-electron chi connectivity index (χ0n) is 24.4. The van der Waals surface area contributed by atoms with Crippen LogP contribution in [-0.4, -0.2) is 50.2 Å². The van der Waals surface area contributed by atoms with Crippen LogP contribution in [0.2, 0.25) is 0 Å². The molecule has 43 heavy (non-hydrogen) atoms. The number of halogens is 1. The summed E-state index contributed by atoms with van der Waals surface area (Å²) in [6.45, 7) is 3.07. The lowest BCUT2D eigenvalue weighted by Crippen LogP contribution is -2.43. The van der Waals surface area contributed by atoms with Gasteiger partial charge in [-0.3, -0.25) is 4.79 Å². The topological polar surface area (TPSA) is 127 Å². The molecule has 9 heteroatoms. The highest BCUT2D eigenvalue weighted by atomic mass is 127. The Morgan fingerprint density at radius 3 is 2.40 bits per heavy atom. The molecule has 3 aromatic rings. The Balaban J connectivity index is 1.16. The Kier molecular flexibility index (Phi) is 8.99. The number of alkyl halides is 1. The second kappa shape index (κ2) is 13.1. The highest BCUT2D eigenvalue weighted by Gasteiger charge is 2.34. The summed E-state index contributed by atoms with van der Waals surface area (Å²) in [5, 5.41) is 1.06. The number of rotatable bonds is 7. The van der Waals surface area contributed by atoms with E-state index in [1.807, 2.05) is 36.5 Å². The number of hydrogen-bond donors (Lipinski definition) is 3. The van der Waals surface area contributed by atoms with Crippen molar-refractivity contribution in [3.05, 3.63) is 84.3 Å². The van der Waals surface area contributed by atoms with Gasteiger partial charge in [0.1, 0.15) is 11.5 Å². The molecule has 1 saturated heterocycles. The predicted molar refractivity (Wildman–Crippen MR) is 183 cm³/mol. The molecule has 3 aliphatic rings. The van der Waals surface area contributed by atoms with Crippen molar-refractivity contribution in [1.29, 1.82) is 0 Å². The Labute approximate surface area is 267 Å². The zero-order valence-corrected chi connectivity index (χ0v) is 26.6. The molecule has 224 valence electrons. The van der Waals surface area contributed by atoms with Gasteiger partial charge in [-0.1, -0.05) is 71.1 Å². The normalized spacial score (nSPS) is 23.7. The number of amides is 1. The van der Waals surface area contributed by atoms with E-state index in [1.165, 1.54) is 12.8 Å². The average molecular weight is 690 g/mol. The number of amidine groups is 1. The number of benzene rings is 2. The predicted octanol–water partition coefficient (Wildman–Crippen LogP) is 5.44. The molecule has 2 aliphatic heterocycles. The molecule has 1 saturated carbocycles. The molecular formula is C34H40IN7O. The lowest BCUT2D eigenvalue weighted by molar-refractivity contribution is -0.123. The van der Waals surface area contributed by atoms with E-state index >= 15 is 0 Å². The van der Waals surface area contributed by atoms with E-state index in [4.69, 9.17) is 22.2 Å². The molecule has 1 aromatic heterocycles. The van der Waals surface area contributed by atoms with Gasteiger partial charge in [0.05, 0.1) is 21.0 Å². The summed E-state index contributed by atoms with van der Waals surface area (Å²) in [5.74, 6) is 1.55. The molecule has 1 aliphatic carbocycles. The fourth-order valence-electron chi connectivity index (χ4n) is 6.77. The largest absolute Gasteiger partial charge is 0.396 e. The molecule has 0 radical (unpaired) electrons. The molecule has 2 aromatic carbocycles. The number of fused-ring (bicyclic) bond motifs is 1. The maximum absolute atomic E-state index is 11.5. The second-order valence-electron chi connectivity index (χ2n) is 12.1. The third-order valence-corrected chi connectivity index (χ3v) is 10.9. The Morgan fingerprint density at radius 1 is 0.953 bits per heavy atom. The quantitative estimate of drug-likeness (QED) is 0.172. The van der Waals surface area contributed by atoms with Gasteiger partial charge < -0.3 is 27.0 Å². The van der Waals surface area contributed by atoms with Crippen LogP contribution in [0, 0.1) is 17.8 Å². The van der Waals surface area contributed by atoms with Crippen LogP contribution in [0.15, 0.2) is 83.8 Å². The highest BCUT2D eigenvalue weighted by molar-refractivity contribution is 14.1. The monoisotopic (exact) mass is 689 g/mol. The van der Waals surface area contributed by atoms with Gasteiger partial charge in [0, 0.05) is 41.4 Å². The molecule has 2 fully saturated rings. The Bertz CT molecular complexity index is 1550. The fraction of sp³-hybridized carbons (Fsp3) is 0.382. The first-order chi connectivity index (χ1) is 20.9. The number of pyridine rings is 1. The van der Waals surface area contributed by atoms with Crippen LogP contribution in [-0.2, 0) is 4.79 Å². The van der Waals surface area contributed by atoms with Crippen molar-refractivity contribution < 1.29 is 4.79 Å². The Hall–Kier alpha value is -3.44. The van der Waals surface area contributed by atoms with Crippen molar-refractivity contribution in [2.75, 3.05) is 19.6 Å². The van der Waals surface area contributed by atoms with Gasteiger partial charge in [0.25, 0.3) is 0 Å². The van der Waals surface area contributed by atoms with Crippen molar-refractivity contribution in [2.24, 2.45) is 39.9 Å². The van der Waals surface area contributed by atoms with Gasteiger partial charge in [-0.05, 0) is 75.6 Å². The number of primary amides is 1. The third-order valence-electron chi connectivity index (χ3n) is 9.32. The molecule has 6 rings (SSSR count). The minimum Gasteiger partial charge on any atom is -0.396 e. The summed E-state index contributed by atoms with van der Waals surface area (Å²) < 4.78 is 0.201. The standard InChI is InChI=1S/C34H40IN7O/c35-32(25-8-6-22(7-9-25)21-41-17-14-26(15-18-41)34(38)43)42-19-16-39-33(37)31(42)30(36)27-11-10-24-12-13-28(40-29(24)20-27)23-4-2-1-3-5-23/h1-5,10-13,16,19-20,22,25-26,32H,6-9,14-15,17-18,21,36H2,(H2,37,39)(H2,38,43)/b31-30-. The molecular weight excluding hydrogens is 649 g/mol. The fourth-order valence-corrected chi connectivity index (χ4v) is 7.95. The summed E-state index contributed by atoms with van der Waals surface area (Å²) in [6.07, 6.45) is 10.3. The number of hydrogen-bond acceptors (Lipinski definition) is 7. The van der Waals surface area contributed by atoms with Gasteiger partial charge in [-0.15, -0.1) is 0 Å². The van der Waals surface area contributed by atoms with E-state index in [0.717, 1.165) is 78.7 Å². The molecule has 6 N–H and O–H groups in total. The lowest BCUT2D eigenvalue weighted by atomic mass is 9.81. The molecule has 0 bridgehead atoms. The van der Waals surface area contributed by atoms with Crippen molar-refractivity contribution in [3.63, 3.8) is 0 Å². The van der Waals surface area contributed by atoms with Crippen molar-refractivity contribution in [1.82, 2.24) is 14.8 Å². The minimum absolute atomic E-state index is 0.0488. The van der Waals surface area contributed by atoms with Gasteiger partial charge >= 0.3 is 0 Å². The number of aliphatic imine (C=N–C) groups is 1. The van der Waals surface area contributed by atoms with Crippen molar-refractivity contribution in [2.45, 2.75) is 42.6 Å². The lowest BCUT2D eigenvalue weighted by Gasteiger charge is -2.40. The van der Waals surface area contributed by atoms with E-state index in [2.05, 4.69) is 67.7 Å². The zero-order chi connectivity index (χ0) is 29.9. The number of nitrogens with two attached hydrogens (primary N) is 3. The number of nitrogens with zero attached hydrogens (tertiary/aromatic N) is 4. The smallest absolute Gasteiger partial charge is 0.220 e. The van der Waals surface area contributed by atoms with Crippen LogP contribution in [0.4, 0.5) is 0 Å². The number of piperidine rings is 1. The number of carbonyl (C=O) groups excluding carboxylic acids is 1. The molecule has 0 spiro atoms.